The maximum atomic E-state index is 15.3. The van der Waals surface area contributed by atoms with Crippen molar-refractivity contribution < 1.29 is 17.2 Å². The largest absolute Gasteiger partial charge is 0.358 e. The molecule has 2 unspecified atom stereocenters. The highest BCUT2D eigenvalue weighted by molar-refractivity contribution is 7.90. The first-order valence-electron chi connectivity index (χ1n) is 11.4. The summed E-state index contributed by atoms with van der Waals surface area (Å²) < 4.78 is 58.7. The van der Waals surface area contributed by atoms with Crippen LogP contribution in [0.25, 0.3) is 22.2 Å². The molecule has 10 heteroatoms. The molecule has 2 aliphatic rings. The van der Waals surface area contributed by atoms with Crippen molar-refractivity contribution in [2.24, 2.45) is 0 Å². The van der Waals surface area contributed by atoms with Gasteiger partial charge < -0.3 is 9.80 Å². The molecular weight excluding hydrogens is 472 g/mol. The van der Waals surface area contributed by atoms with Gasteiger partial charge in [-0.05, 0) is 50.2 Å². The van der Waals surface area contributed by atoms with Gasteiger partial charge in [-0.25, -0.2) is 21.2 Å². The Morgan fingerprint density at radius 2 is 1.71 bits per heavy atom. The number of benzene rings is 1. The van der Waals surface area contributed by atoms with E-state index in [1.165, 1.54) is 12.4 Å². The molecule has 2 saturated heterocycles. The third-order valence-corrected chi connectivity index (χ3v) is 8.66. The highest BCUT2D eigenvalue weighted by Gasteiger charge is 2.41. The van der Waals surface area contributed by atoms with E-state index < -0.39 is 26.6 Å². The fourth-order valence-electron chi connectivity index (χ4n) is 5.50. The summed E-state index contributed by atoms with van der Waals surface area (Å²) in [6, 6.07) is 8.92. The number of hydrogen-bond donors (Lipinski definition) is 0. The van der Waals surface area contributed by atoms with Crippen LogP contribution < -0.4 is 4.90 Å². The van der Waals surface area contributed by atoms with Crippen LogP contribution in [0.3, 0.4) is 0 Å². The van der Waals surface area contributed by atoms with E-state index in [0.29, 0.717) is 22.2 Å². The van der Waals surface area contributed by atoms with Crippen LogP contribution in [-0.4, -0.2) is 59.5 Å². The first kappa shape index (κ1) is 22.1. The maximum absolute atomic E-state index is 15.3. The minimum absolute atomic E-state index is 0.00897. The van der Waals surface area contributed by atoms with Crippen molar-refractivity contribution in [1.82, 2.24) is 18.8 Å². The molecule has 0 radical (unpaired) electrons. The van der Waals surface area contributed by atoms with Crippen LogP contribution in [-0.2, 0) is 10.0 Å². The average molecular weight is 496 g/mol. The van der Waals surface area contributed by atoms with Gasteiger partial charge in [0.15, 0.2) is 11.6 Å². The molecule has 35 heavy (non-hydrogen) atoms. The molecule has 4 aromatic rings. The molecule has 180 valence electrons. The second kappa shape index (κ2) is 8.10. The molecule has 0 aliphatic carbocycles. The Morgan fingerprint density at radius 3 is 2.37 bits per heavy atom. The van der Waals surface area contributed by atoms with Gasteiger partial charge in [-0.1, -0.05) is 6.07 Å². The summed E-state index contributed by atoms with van der Waals surface area (Å²) in [7, 11) is -2.28. The lowest BCUT2D eigenvalue weighted by molar-refractivity contribution is 0.262. The van der Waals surface area contributed by atoms with Crippen molar-refractivity contribution in [2.75, 3.05) is 25.0 Å². The number of fused-ring (bicyclic) bond motifs is 3. The molecule has 0 spiro atoms. The Bertz CT molecular complexity index is 1500. The predicted octanol–water partition coefficient (Wildman–Crippen LogP) is 3.90. The second-order valence-electron chi connectivity index (χ2n) is 9.20. The SMILES string of the molecule is CN1CC2CCC(C1)N2c1c(F)cc(S(=O)(=O)n2ccc3c(-c4ccccn4)cncc32)cc1F. The van der Waals surface area contributed by atoms with Gasteiger partial charge in [0.1, 0.15) is 5.69 Å². The lowest BCUT2D eigenvalue weighted by atomic mass is 10.1. The van der Waals surface area contributed by atoms with Gasteiger partial charge in [-0.2, -0.15) is 0 Å². The van der Waals surface area contributed by atoms with Crippen LogP contribution in [0.4, 0.5) is 14.5 Å². The zero-order valence-electron chi connectivity index (χ0n) is 19.0. The molecule has 7 nitrogen and oxygen atoms in total. The van der Waals surface area contributed by atoms with Crippen molar-refractivity contribution >= 4 is 26.6 Å². The summed E-state index contributed by atoms with van der Waals surface area (Å²) in [5, 5.41) is 0.619. The van der Waals surface area contributed by atoms with Crippen LogP contribution in [0.1, 0.15) is 12.8 Å². The quantitative estimate of drug-likeness (QED) is 0.428. The lowest BCUT2D eigenvalue weighted by Gasteiger charge is -2.41. The molecule has 1 aromatic carbocycles. The third-order valence-electron chi connectivity index (χ3n) is 6.99. The molecule has 3 aromatic heterocycles. The molecular formula is C25H23F2N5O2S. The Balaban J connectivity index is 1.42. The first-order chi connectivity index (χ1) is 16.8. The Hall–Kier alpha value is -3.37. The number of hydrogen-bond acceptors (Lipinski definition) is 6. The van der Waals surface area contributed by atoms with Crippen LogP contribution in [0.2, 0.25) is 0 Å². The van der Waals surface area contributed by atoms with Gasteiger partial charge >= 0.3 is 0 Å². The lowest BCUT2D eigenvalue weighted by Crippen LogP contribution is -2.53. The van der Waals surface area contributed by atoms with E-state index in [9.17, 15) is 8.42 Å². The number of halogens is 2. The monoisotopic (exact) mass is 495 g/mol. The second-order valence-corrected chi connectivity index (χ2v) is 11.0. The normalized spacial score (nSPS) is 20.6. The molecule has 6 rings (SSSR count). The number of pyridine rings is 2. The number of rotatable bonds is 4. The summed E-state index contributed by atoms with van der Waals surface area (Å²) >= 11 is 0. The standard InChI is InChI=1S/C25H23F2N5O2S/c1-30-14-16-5-6-17(15-30)32(16)25-21(26)10-18(11-22(25)27)35(33,34)31-9-7-19-20(12-28-13-24(19)31)23-4-2-3-8-29-23/h2-4,7-13,16-17H,5-6,14-15H2,1H3. The van der Waals surface area contributed by atoms with E-state index in [-0.39, 0.29) is 17.8 Å². The van der Waals surface area contributed by atoms with Crippen LogP contribution in [0.15, 0.2) is 66.1 Å². The van der Waals surface area contributed by atoms with E-state index in [4.69, 9.17) is 0 Å². The summed E-state index contributed by atoms with van der Waals surface area (Å²) in [5.41, 5.74) is 1.47. The highest BCUT2D eigenvalue weighted by atomic mass is 32.2. The van der Waals surface area contributed by atoms with Crippen molar-refractivity contribution in [2.45, 2.75) is 29.8 Å². The Kier molecular flexibility index (Phi) is 5.12. The van der Waals surface area contributed by atoms with Crippen LogP contribution in [0.5, 0.6) is 0 Å². The first-order valence-corrected chi connectivity index (χ1v) is 12.9. The number of anilines is 1. The smallest absolute Gasteiger partial charge is 0.268 e. The summed E-state index contributed by atoms with van der Waals surface area (Å²) in [6.07, 6.45) is 7.76. The van der Waals surface area contributed by atoms with Gasteiger partial charge in [-0.15, -0.1) is 0 Å². The summed E-state index contributed by atoms with van der Waals surface area (Å²) in [6.45, 7) is 1.44. The molecule has 0 amide bonds. The minimum Gasteiger partial charge on any atom is -0.358 e. The fourth-order valence-corrected chi connectivity index (χ4v) is 6.86. The number of likely N-dealkylation sites (tertiary alicyclic amines) is 1. The zero-order valence-corrected chi connectivity index (χ0v) is 19.8. The molecule has 0 saturated carbocycles. The number of aromatic nitrogens is 3. The predicted molar refractivity (Wildman–Crippen MR) is 129 cm³/mol. The van der Waals surface area contributed by atoms with Crippen LogP contribution in [0, 0.1) is 11.6 Å². The van der Waals surface area contributed by atoms with Crippen molar-refractivity contribution in [3.63, 3.8) is 0 Å². The third kappa shape index (κ3) is 3.51. The number of likely N-dealkylation sites (N-methyl/N-ethyl adjacent to an activating group) is 1. The zero-order chi connectivity index (χ0) is 24.3. The Labute approximate surface area is 201 Å². The van der Waals surface area contributed by atoms with E-state index in [1.807, 2.05) is 13.1 Å². The number of nitrogens with zero attached hydrogens (tertiary/aromatic N) is 5. The van der Waals surface area contributed by atoms with Gasteiger partial charge in [0.25, 0.3) is 10.0 Å². The minimum atomic E-state index is -4.28. The van der Waals surface area contributed by atoms with Crippen LogP contribution >= 0.6 is 0 Å². The number of piperazine rings is 1. The van der Waals surface area contributed by atoms with Crippen molar-refractivity contribution in [3.8, 4) is 11.3 Å². The van der Waals surface area contributed by atoms with Gasteiger partial charge in [-0.3, -0.25) is 9.97 Å². The van der Waals surface area contributed by atoms with E-state index >= 15 is 8.78 Å². The fraction of sp³-hybridized carbons (Fsp3) is 0.280. The molecule has 2 fully saturated rings. The Morgan fingerprint density at radius 1 is 1.00 bits per heavy atom. The van der Waals surface area contributed by atoms with Gasteiger partial charge in [0.2, 0.25) is 0 Å². The highest BCUT2D eigenvalue weighted by Crippen LogP contribution is 2.39. The van der Waals surface area contributed by atoms with Gasteiger partial charge in [0, 0.05) is 54.7 Å². The van der Waals surface area contributed by atoms with E-state index in [0.717, 1.165) is 42.0 Å². The molecule has 2 atom stereocenters. The van der Waals surface area contributed by atoms with Crippen molar-refractivity contribution in [1.29, 1.82) is 0 Å². The molecule has 2 aliphatic heterocycles. The average Bonchev–Trinajstić information content (AvgIpc) is 3.38. The molecule has 2 bridgehead atoms. The topological polar surface area (TPSA) is 71.3 Å². The maximum Gasteiger partial charge on any atom is 0.268 e. The molecule has 0 N–H and O–H groups in total. The van der Waals surface area contributed by atoms with E-state index in [2.05, 4.69) is 14.9 Å². The van der Waals surface area contributed by atoms with Crippen molar-refractivity contribution in [3.05, 3.63) is 72.8 Å². The summed E-state index contributed by atoms with van der Waals surface area (Å²) in [5.74, 6) is -1.73. The van der Waals surface area contributed by atoms with E-state index in [1.54, 1.807) is 35.5 Å². The van der Waals surface area contributed by atoms with Gasteiger partial charge in [0.05, 0.1) is 22.3 Å². The summed E-state index contributed by atoms with van der Waals surface area (Å²) in [4.78, 5) is 12.0. The molecule has 5 heterocycles.